The fourth-order valence-electron chi connectivity index (χ4n) is 1.59. The zero-order chi connectivity index (χ0) is 10.7. The molecule has 0 aliphatic rings. The van der Waals surface area contributed by atoms with E-state index in [1.807, 2.05) is 19.1 Å². The van der Waals surface area contributed by atoms with Gasteiger partial charge in [-0.2, -0.15) is 0 Å². The highest BCUT2D eigenvalue weighted by atomic mass is 32.1. The minimum Gasteiger partial charge on any atom is -0.387 e. The number of rotatable bonds is 4. The summed E-state index contributed by atoms with van der Waals surface area (Å²) in [5.74, 6) is 0.574. The Morgan fingerprint density at radius 1 is 1.43 bits per heavy atom. The number of aryl methyl sites for hydroxylation is 1. The molecule has 0 fully saturated rings. The molecule has 0 saturated carbocycles. The summed E-state index contributed by atoms with van der Waals surface area (Å²) in [6.07, 6.45) is -0.404. The molecule has 3 N–H and O–H groups in total. The van der Waals surface area contributed by atoms with E-state index in [0.29, 0.717) is 12.5 Å². The van der Waals surface area contributed by atoms with Crippen LogP contribution < -0.4 is 5.73 Å². The van der Waals surface area contributed by atoms with Crippen molar-refractivity contribution in [2.24, 2.45) is 17.6 Å². The fraction of sp³-hybridized carbons (Fsp3) is 0.636. The Bertz CT molecular complexity index is 283. The van der Waals surface area contributed by atoms with Crippen molar-refractivity contribution in [1.82, 2.24) is 0 Å². The first-order valence-corrected chi connectivity index (χ1v) is 5.82. The topological polar surface area (TPSA) is 46.2 Å². The highest BCUT2D eigenvalue weighted by Gasteiger charge is 2.23. The molecule has 1 aromatic rings. The Balaban J connectivity index is 2.77. The second-order valence-electron chi connectivity index (χ2n) is 4.04. The average molecular weight is 213 g/mol. The van der Waals surface area contributed by atoms with Crippen LogP contribution in [-0.2, 0) is 0 Å². The third-order valence-corrected chi connectivity index (χ3v) is 3.66. The van der Waals surface area contributed by atoms with Crippen LogP contribution in [0.4, 0.5) is 0 Å². The van der Waals surface area contributed by atoms with Crippen molar-refractivity contribution in [1.29, 1.82) is 0 Å². The minimum absolute atomic E-state index is 0.160. The molecule has 0 aliphatic carbocycles. The summed E-state index contributed by atoms with van der Waals surface area (Å²) < 4.78 is 0. The average Bonchev–Trinajstić information content (AvgIpc) is 2.52. The summed E-state index contributed by atoms with van der Waals surface area (Å²) in [6, 6.07) is 4.03. The molecule has 14 heavy (non-hydrogen) atoms. The van der Waals surface area contributed by atoms with Gasteiger partial charge in [0.15, 0.2) is 0 Å². The highest BCUT2D eigenvalue weighted by Crippen LogP contribution is 2.31. The maximum atomic E-state index is 10.1. The van der Waals surface area contributed by atoms with E-state index >= 15 is 0 Å². The Hall–Kier alpha value is -0.380. The number of hydrogen-bond donors (Lipinski definition) is 2. The van der Waals surface area contributed by atoms with Gasteiger partial charge in [0.05, 0.1) is 6.10 Å². The van der Waals surface area contributed by atoms with E-state index in [9.17, 15) is 5.11 Å². The van der Waals surface area contributed by atoms with Gasteiger partial charge >= 0.3 is 0 Å². The van der Waals surface area contributed by atoms with Crippen LogP contribution in [0.1, 0.15) is 29.7 Å². The van der Waals surface area contributed by atoms with E-state index in [2.05, 4.69) is 13.8 Å². The van der Waals surface area contributed by atoms with Crippen molar-refractivity contribution in [2.45, 2.75) is 26.9 Å². The van der Waals surface area contributed by atoms with Crippen molar-refractivity contribution in [2.75, 3.05) is 6.54 Å². The van der Waals surface area contributed by atoms with E-state index in [1.165, 1.54) is 4.88 Å². The second kappa shape index (κ2) is 4.91. The third kappa shape index (κ3) is 2.56. The number of hydrogen-bond acceptors (Lipinski definition) is 3. The molecule has 1 heterocycles. The van der Waals surface area contributed by atoms with Crippen LogP contribution in [0.2, 0.25) is 0 Å². The van der Waals surface area contributed by atoms with E-state index in [4.69, 9.17) is 5.73 Å². The highest BCUT2D eigenvalue weighted by molar-refractivity contribution is 7.12. The monoisotopic (exact) mass is 213 g/mol. The van der Waals surface area contributed by atoms with E-state index in [1.54, 1.807) is 11.3 Å². The quantitative estimate of drug-likeness (QED) is 0.806. The third-order valence-electron chi connectivity index (χ3n) is 2.59. The van der Waals surface area contributed by atoms with Gasteiger partial charge in [-0.15, -0.1) is 11.3 Å². The molecule has 1 aromatic heterocycles. The van der Waals surface area contributed by atoms with E-state index in [-0.39, 0.29) is 5.92 Å². The first kappa shape index (κ1) is 11.7. The van der Waals surface area contributed by atoms with Crippen molar-refractivity contribution >= 4 is 11.3 Å². The molecule has 1 rings (SSSR count). The number of aliphatic hydroxyl groups excluding tert-OH is 1. The molecular formula is C11H19NOS. The zero-order valence-electron chi connectivity index (χ0n) is 9.03. The van der Waals surface area contributed by atoms with Gasteiger partial charge in [-0.25, -0.2) is 0 Å². The first-order valence-electron chi connectivity index (χ1n) is 5.00. The molecule has 0 aliphatic heterocycles. The summed E-state index contributed by atoms with van der Waals surface area (Å²) in [4.78, 5) is 2.27. The van der Waals surface area contributed by atoms with Crippen LogP contribution in [0.15, 0.2) is 12.1 Å². The van der Waals surface area contributed by atoms with Gasteiger partial charge in [0, 0.05) is 15.7 Å². The van der Waals surface area contributed by atoms with Gasteiger partial charge in [-0.1, -0.05) is 13.8 Å². The molecule has 0 spiro atoms. The van der Waals surface area contributed by atoms with Gasteiger partial charge in [-0.3, -0.25) is 0 Å². The summed E-state index contributed by atoms with van der Waals surface area (Å²) in [6.45, 7) is 6.78. The summed E-state index contributed by atoms with van der Waals surface area (Å²) >= 11 is 1.65. The molecule has 0 bridgehead atoms. The zero-order valence-corrected chi connectivity index (χ0v) is 9.84. The van der Waals surface area contributed by atoms with Crippen molar-refractivity contribution in [3.05, 3.63) is 21.9 Å². The van der Waals surface area contributed by atoms with Gasteiger partial charge in [0.2, 0.25) is 0 Å². The van der Waals surface area contributed by atoms with E-state index in [0.717, 1.165) is 4.88 Å². The SMILES string of the molecule is Cc1ccc(C(O)C(CN)C(C)C)s1. The number of thiophene rings is 1. The maximum absolute atomic E-state index is 10.1. The molecule has 0 amide bonds. The predicted octanol–water partition coefficient (Wildman–Crippen LogP) is 2.32. The van der Waals surface area contributed by atoms with Gasteiger partial charge in [0.25, 0.3) is 0 Å². The molecule has 2 unspecified atom stereocenters. The van der Waals surface area contributed by atoms with Gasteiger partial charge < -0.3 is 10.8 Å². The largest absolute Gasteiger partial charge is 0.387 e. The lowest BCUT2D eigenvalue weighted by Gasteiger charge is -2.23. The van der Waals surface area contributed by atoms with Crippen molar-refractivity contribution in [3.8, 4) is 0 Å². The molecule has 2 atom stereocenters. The first-order chi connectivity index (χ1) is 6.56. The van der Waals surface area contributed by atoms with Crippen LogP contribution in [0.5, 0.6) is 0 Å². The molecule has 0 radical (unpaired) electrons. The minimum atomic E-state index is -0.404. The van der Waals surface area contributed by atoms with Gasteiger partial charge in [0.1, 0.15) is 0 Å². The van der Waals surface area contributed by atoms with Crippen LogP contribution in [0, 0.1) is 18.8 Å². The van der Waals surface area contributed by atoms with Gasteiger partial charge in [-0.05, 0) is 31.5 Å². The van der Waals surface area contributed by atoms with Crippen LogP contribution in [-0.4, -0.2) is 11.7 Å². The standard InChI is InChI=1S/C11H19NOS/c1-7(2)9(6-12)11(13)10-5-4-8(3)14-10/h4-5,7,9,11,13H,6,12H2,1-3H3. The summed E-state index contributed by atoms with van der Waals surface area (Å²) in [5.41, 5.74) is 5.66. The molecular weight excluding hydrogens is 194 g/mol. The molecule has 3 heteroatoms. The normalized spacial score (nSPS) is 15.9. The van der Waals surface area contributed by atoms with Crippen molar-refractivity contribution < 1.29 is 5.11 Å². The predicted molar refractivity (Wildman–Crippen MR) is 61.4 cm³/mol. The lowest BCUT2D eigenvalue weighted by molar-refractivity contribution is 0.0892. The summed E-state index contributed by atoms with van der Waals surface area (Å²) in [5, 5.41) is 10.1. The fourth-order valence-corrected chi connectivity index (χ4v) is 2.53. The van der Waals surface area contributed by atoms with Crippen LogP contribution in [0.3, 0.4) is 0 Å². The smallest absolute Gasteiger partial charge is 0.0924 e. The van der Waals surface area contributed by atoms with Crippen molar-refractivity contribution in [3.63, 3.8) is 0 Å². The Labute approximate surface area is 89.8 Å². The molecule has 0 aromatic carbocycles. The van der Waals surface area contributed by atoms with Crippen LogP contribution >= 0.6 is 11.3 Å². The Morgan fingerprint density at radius 2 is 2.07 bits per heavy atom. The molecule has 2 nitrogen and oxygen atoms in total. The summed E-state index contributed by atoms with van der Waals surface area (Å²) in [7, 11) is 0. The lowest BCUT2D eigenvalue weighted by Crippen LogP contribution is -2.26. The number of nitrogens with two attached hydrogens (primary N) is 1. The van der Waals surface area contributed by atoms with E-state index < -0.39 is 6.10 Å². The Kier molecular flexibility index (Phi) is 4.11. The Morgan fingerprint density at radius 3 is 2.43 bits per heavy atom. The second-order valence-corrected chi connectivity index (χ2v) is 5.36. The van der Waals surface area contributed by atoms with Crippen LogP contribution in [0.25, 0.3) is 0 Å². The lowest BCUT2D eigenvalue weighted by atomic mass is 9.89. The molecule has 80 valence electrons. The number of aliphatic hydroxyl groups is 1. The molecule has 0 saturated heterocycles. The maximum Gasteiger partial charge on any atom is 0.0924 e.